The predicted molar refractivity (Wildman–Crippen MR) is 114 cm³/mol. The fourth-order valence-corrected chi connectivity index (χ4v) is 3.71. The van der Waals surface area contributed by atoms with E-state index in [-0.39, 0.29) is 17.9 Å². The van der Waals surface area contributed by atoms with E-state index in [1.165, 1.54) is 12.0 Å². The van der Waals surface area contributed by atoms with Gasteiger partial charge in [0.05, 0.1) is 10.6 Å². The molecule has 5 heteroatoms. The Morgan fingerprint density at radius 3 is 2.29 bits per heavy atom. The second-order valence-electron chi connectivity index (χ2n) is 7.73. The van der Waals surface area contributed by atoms with E-state index in [1.54, 1.807) is 18.2 Å². The van der Waals surface area contributed by atoms with Gasteiger partial charge in [0.15, 0.2) is 0 Å². The van der Waals surface area contributed by atoms with Gasteiger partial charge in [0.2, 0.25) is 0 Å². The average molecular weight is 399 g/mol. The van der Waals surface area contributed by atoms with Crippen LogP contribution >= 0.6 is 11.6 Å². The topological polar surface area (TPSA) is 58.2 Å². The highest BCUT2D eigenvalue weighted by atomic mass is 35.5. The predicted octanol–water partition coefficient (Wildman–Crippen LogP) is 5.78. The van der Waals surface area contributed by atoms with Crippen LogP contribution in [0.5, 0.6) is 0 Å². The van der Waals surface area contributed by atoms with Gasteiger partial charge in [-0.05, 0) is 54.7 Å². The van der Waals surface area contributed by atoms with Crippen LogP contribution in [-0.2, 0) is 0 Å². The third-order valence-corrected chi connectivity index (χ3v) is 5.58. The van der Waals surface area contributed by atoms with Crippen molar-refractivity contribution in [3.63, 3.8) is 0 Å². The van der Waals surface area contributed by atoms with Gasteiger partial charge in [0.25, 0.3) is 11.8 Å². The molecule has 1 saturated carbocycles. The van der Waals surface area contributed by atoms with Crippen molar-refractivity contribution in [1.29, 1.82) is 0 Å². The molecule has 1 aliphatic carbocycles. The van der Waals surface area contributed by atoms with Gasteiger partial charge in [0, 0.05) is 17.3 Å². The summed E-state index contributed by atoms with van der Waals surface area (Å²) < 4.78 is 0. The number of carbonyl (C=O) groups is 2. The molecular formula is C23H27ClN2O2. The second kappa shape index (κ2) is 9.24. The van der Waals surface area contributed by atoms with Crippen LogP contribution < -0.4 is 10.6 Å². The standard InChI is InChI=1S/C23H27ClN2O2/c1-15(2)16-8-10-17(11-9-16)22(27)26-19-12-13-21(24)20(14-19)23(28)25-18-6-4-3-5-7-18/h8-15,18H,3-7H2,1-2H3,(H,25,28)(H,26,27). The van der Waals surface area contributed by atoms with Crippen molar-refractivity contribution < 1.29 is 9.59 Å². The highest BCUT2D eigenvalue weighted by Crippen LogP contribution is 2.23. The molecular weight excluding hydrogens is 372 g/mol. The van der Waals surface area contributed by atoms with Crippen LogP contribution in [0.1, 0.15) is 78.1 Å². The first-order valence-corrected chi connectivity index (χ1v) is 10.3. The van der Waals surface area contributed by atoms with E-state index >= 15 is 0 Å². The van der Waals surface area contributed by atoms with E-state index in [0.29, 0.717) is 27.8 Å². The minimum Gasteiger partial charge on any atom is -0.349 e. The van der Waals surface area contributed by atoms with E-state index in [2.05, 4.69) is 24.5 Å². The number of anilines is 1. The minimum atomic E-state index is -0.212. The summed E-state index contributed by atoms with van der Waals surface area (Å²) in [5, 5.41) is 6.31. The fraction of sp³-hybridized carbons (Fsp3) is 0.391. The molecule has 0 unspecified atom stereocenters. The Kier molecular flexibility index (Phi) is 6.74. The average Bonchev–Trinajstić information content (AvgIpc) is 2.70. The normalized spacial score (nSPS) is 14.7. The van der Waals surface area contributed by atoms with Crippen molar-refractivity contribution in [3.05, 3.63) is 64.2 Å². The molecule has 1 fully saturated rings. The van der Waals surface area contributed by atoms with Crippen molar-refractivity contribution >= 4 is 29.1 Å². The highest BCUT2D eigenvalue weighted by Gasteiger charge is 2.19. The minimum absolute atomic E-state index is 0.186. The van der Waals surface area contributed by atoms with E-state index in [1.807, 2.05) is 24.3 Å². The SMILES string of the molecule is CC(C)c1ccc(C(=O)Nc2ccc(Cl)c(C(=O)NC3CCCCC3)c2)cc1. The van der Waals surface area contributed by atoms with Gasteiger partial charge in [-0.15, -0.1) is 0 Å². The Hall–Kier alpha value is -2.33. The molecule has 0 radical (unpaired) electrons. The van der Waals surface area contributed by atoms with Gasteiger partial charge in [0.1, 0.15) is 0 Å². The monoisotopic (exact) mass is 398 g/mol. The molecule has 1 aliphatic rings. The van der Waals surface area contributed by atoms with Crippen molar-refractivity contribution in [1.82, 2.24) is 5.32 Å². The Bertz CT molecular complexity index is 840. The molecule has 0 heterocycles. The summed E-state index contributed by atoms with van der Waals surface area (Å²) in [6.07, 6.45) is 5.53. The summed E-state index contributed by atoms with van der Waals surface area (Å²) in [4.78, 5) is 25.2. The number of carbonyl (C=O) groups excluding carboxylic acids is 2. The summed E-state index contributed by atoms with van der Waals surface area (Å²) in [5.74, 6) is 0.0177. The Balaban J connectivity index is 1.69. The number of amides is 2. The quantitative estimate of drug-likeness (QED) is 0.670. The lowest BCUT2D eigenvalue weighted by Crippen LogP contribution is -2.36. The van der Waals surface area contributed by atoms with Gasteiger partial charge in [-0.25, -0.2) is 0 Å². The van der Waals surface area contributed by atoms with Crippen molar-refractivity contribution in [2.75, 3.05) is 5.32 Å². The van der Waals surface area contributed by atoms with Crippen LogP contribution in [0.25, 0.3) is 0 Å². The molecule has 2 amide bonds. The van der Waals surface area contributed by atoms with Crippen LogP contribution in [0.2, 0.25) is 5.02 Å². The zero-order valence-corrected chi connectivity index (χ0v) is 17.2. The third kappa shape index (κ3) is 5.14. The lowest BCUT2D eigenvalue weighted by atomic mass is 9.95. The van der Waals surface area contributed by atoms with Gasteiger partial charge < -0.3 is 10.6 Å². The van der Waals surface area contributed by atoms with Crippen LogP contribution in [-0.4, -0.2) is 17.9 Å². The number of hydrogen-bond donors (Lipinski definition) is 2. The van der Waals surface area contributed by atoms with E-state index < -0.39 is 0 Å². The summed E-state index contributed by atoms with van der Waals surface area (Å²) in [6.45, 7) is 4.23. The Morgan fingerprint density at radius 2 is 1.64 bits per heavy atom. The first-order chi connectivity index (χ1) is 13.4. The maximum atomic E-state index is 12.6. The molecule has 2 aromatic carbocycles. The second-order valence-corrected chi connectivity index (χ2v) is 8.14. The lowest BCUT2D eigenvalue weighted by molar-refractivity contribution is 0.0926. The van der Waals surface area contributed by atoms with Crippen LogP contribution in [0.3, 0.4) is 0 Å². The van der Waals surface area contributed by atoms with E-state index in [4.69, 9.17) is 11.6 Å². The zero-order valence-electron chi connectivity index (χ0n) is 16.4. The number of benzene rings is 2. The maximum Gasteiger partial charge on any atom is 0.255 e. The summed E-state index contributed by atoms with van der Waals surface area (Å²) >= 11 is 6.24. The maximum absolute atomic E-state index is 12.6. The molecule has 0 aromatic heterocycles. The molecule has 4 nitrogen and oxygen atoms in total. The van der Waals surface area contributed by atoms with Crippen LogP contribution in [0.15, 0.2) is 42.5 Å². The van der Waals surface area contributed by atoms with Crippen molar-refractivity contribution in [2.24, 2.45) is 0 Å². The molecule has 2 aromatic rings. The molecule has 0 bridgehead atoms. The molecule has 0 spiro atoms. The van der Waals surface area contributed by atoms with E-state index in [9.17, 15) is 9.59 Å². The first-order valence-electron chi connectivity index (χ1n) is 9.96. The smallest absolute Gasteiger partial charge is 0.255 e. The summed E-state index contributed by atoms with van der Waals surface area (Å²) in [6, 6.07) is 12.8. The summed E-state index contributed by atoms with van der Waals surface area (Å²) in [5.41, 5.74) is 2.70. The zero-order chi connectivity index (χ0) is 20.1. The Morgan fingerprint density at radius 1 is 0.964 bits per heavy atom. The van der Waals surface area contributed by atoms with Gasteiger partial charge in [-0.1, -0.05) is 56.8 Å². The molecule has 28 heavy (non-hydrogen) atoms. The number of halogens is 1. The fourth-order valence-electron chi connectivity index (χ4n) is 3.51. The van der Waals surface area contributed by atoms with E-state index in [0.717, 1.165) is 25.7 Å². The number of nitrogens with one attached hydrogen (secondary N) is 2. The van der Waals surface area contributed by atoms with Crippen LogP contribution in [0, 0.1) is 0 Å². The molecule has 2 N–H and O–H groups in total. The summed E-state index contributed by atoms with van der Waals surface area (Å²) in [7, 11) is 0. The van der Waals surface area contributed by atoms with Crippen LogP contribution in [0.4, 0.5) is 5.69 Å². The molecule has 0 atom stereocenters. The number of hydrogen-bond acceptors (Lipinski definition) is 2. The molecule has 0 aliphatic heterocycles. The largest absolute Gasteiger partial charge is 0.349 e. The highest BCUT2D eigenvalue weighted by molar-refractivity contribution is 6.34. The first kappa shape index (κ1) is 20.4. The van der Waals surface area contributed by atoms with Gasteiger partial charge >= 0.3 is 0 Å². The molecule has 148 valence electrons. The van der Waals surface area contributed by atoms with Gasteiger partial charge in [-0.2, -0.15) is 0 Å². The molecule has 0 saturated heterocycles. The van der Waals surface area contributed by atoms with Crippen molar-refractivity contribution in [2.45, 2.75) is 57.9 Å². The molecule has 3 rings (SSSR count). The third-order valence-electron chi connectivity index (χ3n) is 5.25. The Labute approximate surface area is 171 Å². The number of rotatable bonds is 5. The lowest BCUT2D eigenvalue weighted by Gasteiger charge is -2.23. The van der Waals surface area contributed by atoms with Crippen molar-refractivity contribution in [3.8, 4) is 0 Å². The van der Waals surface area contributed by atoms with Gasteiger partial charge in [-0.3, -0.25) is 9.59 Å².